The van der Waals surface area contributed by atoms with Gasteiger partial charge in [0.05, 0.1) is 22.8 Å². The highest BCUT2D eigenvalue weighted by atomic mass is 19.4. The molecule has 12 nitrogen and oxygen atoms in total. The van der Waals surface area contributed by atoms with Crippen LogP contribution in [0.4, 0.5) is 35.9 Å². The first-order valence-corrected chi connectivity index (χ1v) is 14.2. The standard InChI is InChI=1S/C30H30F6N6O6/c1-16(40-46-15-17-11-21(29(31,32)33)13-22(12-17)30(34,35)36)18-5-7-19(8-6-18)23-37-24(48-41-23)20-9-10-42(14-20)25(38-26(43)44)39-27(45)47-28(2,3)4/h5-8,11-13,20H,9-10,14-15H2,1-4H3,(H,43,44)(H,38,39,45). The third-order valence-corrected chi connectivity index (χ3v) is 6.73. The van der Waals surface area contributed by atoms with Gasteiger partial charge >= 0.3 is 24.5 Å². The van der Waals surface area contributed by atoms with Crippen molar-refractivity contribution in [3.63, 3.8) is 0 Å². The van der Waals surface area contributed by atoms with E-state index in [0.29, 0.717) is 41.9 Å². The number of nitrogens with one attached hydrogen (secondary N) is 1. The van der Waals surface area contributed by atoms with E-state index in [1.165, 1.54) is 0 Å². The van der Waals surface area contributed by atoms with Crippen LogP contribution in [0, 0.1) is 0 Å². The van der Waals surface area contributed by atoms with Crippen molar-refractivity contribution in [3.05, 3.63) is 70.6 Å². The molecule has 1 unspecified atom stereocenters. The molecule has 18 heteroatoms. The Bertz CT molecular complexity index is 1660. The number of nitrogens with zero attached hydrogens (tertiary/aromatic N) is 5. The van der Waals surface area contributed by atoms with Crippen molar-refractivity contribution in [3.8, 4) is 11.4 Å². The average molecular weight is 685 g/mol. The first-order chi connectivity index (χ1) is 22.3. The molecule has 4 rings (SSSR count). The lowest BCUT2D eigenvalue weighted by Crippen LogP contribution is -2.43. The molecule has 1 saturated heterocycles. The van der Waals surface area contributed by atoms with E-state index in [0.717, 1.165) is 0 Å². The first kappa shape index (κ1) is 35.7. The fourth-order valence-corrected chi connectivity index (χ4v) is 4.54. The second kappa shape index (κ2) is 13.9. The van der Waals surface area contributed by atoms with Gasteiger partial charge in [0.1, 0.15) is 12.2 Å². The summed E-state index contributed by atoms with van der Waals surface area (Å²) < 4.78 is 89.3. The molecule has 2 aromatic carbocycles. The number of benzene rings is 2. The van der Waals surface area contributed by atoms with E-state index < -0.39 is 47.9 Å². The van der Waals surface area contributed by atoms with Crippen molar-refractivity contribution >= 4 is 23.9 Å². The Labute approximate surface area is 269 Å². The minimum atomic E-state index is -4.98. The molecule has 1 aromatic heterocycles. The number of guanidine groups is 1. The monoisotopic (exact) mass is 684 g/mol. The molecule has 3 aromatic rings. The zero-order chi connectivity index (χ0) is 35.4. The van der Waals surface area contributed by atoms with Crippen molar-refractivity contribution in [2.24, 2.45) is 10.1 Å². The number of carbonyl (C=O) groups excluding carboxylic acids is 1. The van der Waals surface area contributed by atoms with E-state index in [1.54, 1.807) is 56.9 Å². The minimum absolute atomic E-state index is 0.0360. The van der Waals surface area contributed by atoms with E-state index in [-0.39, 0.29) is 41.8 Å². The van der Waals surface area contributed by atoms with Gasteiger partial charge < -0.3 is 24.1 Å². The number of aliphatic imine (C=N–C) groups is 1. The molecule has 1 aliphatic heterocycles. The highest BCUT2D eigenvalue weighted by molar-refractivity contribution is 5.99. The number of alkyl halides is 6. The molecule has 1 fully saturated rings. The molecule has 1 atom stereocenters. The van der Waals surface area contributed by atoms with E-state index in [1.807, 2.05) is 0 Å². The van der Waals surface area contributed by atoms with Crippen LogP contribution in [0.3, 0.4) is 0 Å². The molecule has 0 saturated carbocycles. The predicted octanol–water partition coefficient (Wildman–Crippen LogP) is 7.06. The van der Waals surface area contributed by atoms with Crippen LogP contribution in [-0.2, 0) is 28.5 Å². The van der Waals surface area contributed by atoms with Gasteiger partial charge in [-0.3, -0.25) is 5.32 Å². The topological polar surface area (TPSA) is 152 Å². The molecule has 0 radical (unpaired) electrons. The predicted molar refractivity (Wildman–Crippen MR) is 157 cm³/mol. The lowest BCUT2D eigenvalue weighted by molar-refractivity contribution is -0.143. The molecule has 0 aliphatic carbocycles. The fourth-order valence-electron chi connectivity index (χ4n) is 4.54. The van der Waals surface area contributed by atoms with Gasteiger partial charge in [-0.25, -0.2) is 9.59 Å². The largest absolute Gasteiger partial charge is 0.465 e. The van der Waals surface area contributed by atoms with Crippen molar-refractivity contribution in [1.82, 2.24) is 20.4 Å². The van der Waals surface area contributed by atoms with Gasteiger partial charge in [-0.15, -0.1) is 4.99 Å². The number of carbonyl (C=O) groups is 2. The number of aromatic nitrogens is 2. The molecule has 48 heavy (non-hydrogen) atoms. The summed E-state index contributed by atoms with van der Waals surface area (Å²) in [4.78, 5) is 38.3. The number of ether oxygens (including phenoxy) is 1. The first-order valence-electron chi connectivity index (χ1n) is 14.2. The third kappa shape index (κ3) is 9.68. The second-order valence-electron chi connectivity index (χ2n) is 11.7. The van der Waals surface area contributed by atoms with Crippen LogP contribution in [0.1, 0.15) is 68.2 Å². The summed E-state index contributed by atoms with van der Waals surface area (Å²) in [6.07, 6.45) is -11.8. The average Bonchev–Trinajstić information content (AvgIpc) is 3.65. The molecular formula is C30H30F6N6O6. The van der Waals surface area contributed by atoms with Crippen molar-refractivity contribution in [1.29, 1.82) is 0 Å². The summed E-state index contributed by atoms with van der Waals surface area (Å²) in [5, 5.41) is 19.2. The normalized spacial score (nSPS) is 16.2. The van der Waals surface area contributed by atoms with Crippen LogP contribution in [0.2, 0.25) is 0 Å². The van der Waals surface area contributed by atoms with Gasteiger partial charge in [0.2, 0.25) is 17.7 Å². The van der Waals surface area contributed by atoms with Gasteiger partial charge in [-0.1, -0.05) is 34.6 Å². The summed E-state index contributed by atoms with van der Waals surface area (Å²) in [6.45, 7) is 6.40. The van der Waals surface area contributed by atoms with E-state index in [4.69, 9.17) is 14.1 Å². The zero-order valence-corrected chi connectivity index (χ0v) is 25.9. The number of amides is 2. The number of oxime groups is 1. The highest BCUT2D eigenvalue weighted by Gasteiger charge is 2.37. The lowest BCUT2D eigenvalue weighted by Gasteiger charge is -2.21. The summed E-state index contributed by atoms with van der Waals surface area (Å²) in [5.74, 6) is 0.0205. The molecule has 2 amide bonds. The Morgan fingerprint density at radius 3 is 2.23 bits per heavy atom. The summed E-state index contributed by atoms with van der Waals surface area (Å²) >= 11 is 0. The SMILES string of the molecule is CC(=NOCc1cc(C(F)(F)F)cc(C(F)(F)F)c1)c1ccc(-c2noc(C3CCN(C(=NC(=O)OC(C)(C)C)NC(=O)O)C3)n2)cc1. The second-order valence-corrected chi connectivity index (χ2v) is 11.7. The third-order valence-electron chi connectivity index (χ3n) is 6.73. The van der Waals surface area contributed by atoms with E-state index >= 15 is 0 Å². The van der Waals surface area contributed by atoms with Crippen LogP contribution < -0.4 is 5.32 Å². The van der Waals surface area contributed by atoms with Crippen LogP contribution in [0.25, 0.3) is 11.4 Å². The van der Waals surface area contributed by atoms with Gasteiger partial charge in [-0.2, -0.15) is 31.3 Å². The molecule has 258 valence electrons. The Morgan fingerprint density at radius 2 is 1.67 bits per heavy atom. The number of rotatable bonds is 6. The zero-order valence-electron chi connectivity index (χ0n) is 25.9. The highest BCUT2D eigenvalue weighted by Crippen LogP contribution is 2.36. The van der Waals surface area contributed by atoms with Gasteiger partial charge in [0, 0.05) is 18.7 Å². The Morgan fingerprint density at radius 1 is 1.04 bits per heavy atom. The molecule has 2 heterocycles. The number of carboxylic acid groups (broad SMARTS) is 1. The molecule has 2 N–H and O–H groups in total. The van der Waals surface area contributed by atoms with E-state index in [2.05, 4.69) is 25.6 Å². The smallest absolute Gasteiger partial charge is 0.437 e. The summed E-state index contributed by atoms with van der Waals surface area (Å²) in [5.41, 5.74) is -2.70. The van der Waals surface area contributed by atoms with E-state index in [9.17, 15) is 41.0 Å². The summed E-state index contributed by atoms with van der Waals surface area (Å²) in [7, 11) is 0. The van der Waals surface area contributed by atoms with Crippen LogP contribution in [0.15, 0.2) is 57.1 Å². The lowest BCUT2D eigenvalue weighted by atomic mass is 10.1. The van der Waals surface area contributed by atoms with Crippen molar-refractivity contribution in [2.45, 2.75) is 64.6 Å². The maximum Gasteiger partial charge on any atom is 0.437 e. The quantitative estimate of drug-likeness (QED) is 0.120. The maximum atomic E-state index is 13.1. The molecule has 0 bridgehead atoms. The number of hydrogen-bond acceptors (Lipinski definition) is 8. The minimum Gasteiger partial charge on any atom is -0.465 e. The Kier molecular flexibility index (Phi) is 10.3. The maximum absolute atomic E-state index is 13.1. The van der Waals surface area contributed by atoms with Gasteiger partial charge in [0.25, 0.3) is 0 Å². The van der Waals surface area contributed by atoms with Gasteiger partial charge in [0.15, 0.2) is 0 Å². The van der Waals surface area contributed by atoms with Crippen LogP contribution in [0.5, 0.6) is 0 Å². The van der Waals surface area contributed by atoms with Gasteiger partial charge in [-0.05, 0) is 63.4 Å². The fraction of sp³-hybridized carbons (Fsp3) is 0.400. The van der Waals surface area contributed by atoms with Crippen molar-refractivity contribution in [2.75, 3.05) is 13.1 Å². The van der Waals surface area contributed by atoms with Crippen molar-refractivity contribution < 1.29 is 55.1 Å². The molecular weight excluding hydrogens is 654 g/mol. The number of halogens is 6. The number of hydrogen-bond donors (Lipinski definition) is 2. The van der Waals surface area contributed by atoms with Crippen LogP contribution >= 0.6 is 0 Å². The summed E-state index contributed by atoms with van der Waals surface area (Å²) in [6, 6.07) is 7.74. The molecule has 0 spiro atoms. The van der Waals surface area contributed by atoms with Crippen LogP contribution in [-0.4, -0.2) is 62.7 Å². The number of likely N-dealkylation sites (tertiary alicyclic amines) is 1. The molecule has 1 aliphatic rings. The Hall–Kier alpha value is -5.16. The Balaban J connectivity index is 1.40.